The largest absolute Gasteiger partial charge is 0.480 e. The molecule has 86 valence electrons. The van der Waals surface area contributed by atoms with Crippen molar-refractivity contribution in [3.05, 3.63) is 11.6 Å². The summed E-state index contributed by atoms with van der Waals surface area (Å²) in [6, 6.07) is 0. The summed E-state index contributed by atoms with van der Waals surface area (Å²) < 4.78 is 5.13. The number of likely N-dealkylation sites (tertiary alicyclic amines) is 1. The van der Waals surface area contributed by atoms with Gasteiger partial charge in [0.15, 0.2) is 0 Å². The molecule has 0 radical (unpaired) electrons. The van der Waals surface area contributed by atoms with Crippen LogP contribution in [-0.4, -0.2) is 33.4 Å². The third kappa shape index (κ3) is 3.04. The molecule has 15 heavy (non-hydrogen) atoms. The molecule has 1 aliphatic heterocycles. The minimum Gasteiger partial charge on any atom is -0.480 e. The van der Waals surface area contributed by atoms with Gasteiger partial charge in [-0.25, -0.2) is 4.79 Å². The molecule has 0 saturated carbocycles. The number of carbonyl (C=O) groups is 1. The molecule has 1 saturated heterocycles. The summed E-state index contributed by atoms with van der Waals surface area (Å²) in [5, 5.41) is 17.9. The van der Waals surface area contributed by atoms with Crippen molar-refractivity contribution in [1.82, 2.24) is 4.90 Å². The molecule has 1 rings (SSSR count). The van der Waals surface area contributed by atoms with Crippen molar-refractivity contribution >= 4 is 6.09 Å². The average molecular weight is 215 g/mol. The smallest absolute Gasteiger partial charge is 0.414 e. The number of rotatable bonds is 0. The van der Waals surface area contributed by atoms with Crippen LogP contribution in [-0.2, 0) is 4.74 Å². The SMILES string of the molecule is CC(C)(C)OC(=O)N1CCCC1=C(O)O. The lowest BCUT2D eigenvalue weighted by Gasteiger charge is -2.24. The highest BCUT2D eigenvalue weighted by molar-refractivity contribution is 5.71. The van der Waals surface area contributed by atoms with Gasteiger partial charge >= 0.3 is 6.09 Å². The summed E-state index contributed by atoms with van der Waals surface area (Å²) in [4.78, 5) is 12.9. The van der Waals surface area contributed by atoms with Gasteiger partial charge in [-0.15, -0.1) is 0 Å². The van der Waals surface area contributed by atoms with Crippen LogP contribution in [0.1, 0.15) is 33.6 Å². The van der Waals surface area contributed by atoms with Crippen LogP contribution in [0.3, 0.4) is 0 Å². The minimum atomic E-state index is -0.793. The van der Waals surface area contributed by atoms with Gasteiger partial charge < -0.3 is 14.9 Å². The monoisotopic (exact) mass is 215 g/mol. The van der Waals surface area contributed by atoms with E-state index in [4.69, 9.17) is 14.9 Å². The number of aliphatic hydroxyl groups is 2. The maximum atomic E-state index is 11.6. The van der Waals surface area contributed by atoms with E-state index in [0.29, 0.717) is 13.0 Å². The normalized spacial score (nSPS) is 16.7. The van der Waals surface area contributed by atoms with Crippen LogP contribution in [0.25, 0.3) is 0 Å². The lowest BCUT2D eigenvalue weighted by atomic mass is 10.2. The Morgan fingerprint density at radius 2 is 2.00 bits per heavy atom. The summed E-state index contributed by atoms with van der Waals surface area (Å²) in [5.74, 6) is -0.793. The van der Waals surface area contributed by atoms with Gasteiger partial charge in [0.25, 0.3) is 5.95 Å². The molecule has 1 fully saturated rings. The van der Waals surface area contributed by atoms with Gasteiger partial charge in [-0.1, -0.05) is 0 Å². The van der Waals surface area contributed by atoms with Crippen molar-refractivity contribution in [3.63, 3.8) is 0 Å². The van der Waals surface area contributed by atoms with E-state index in [9.17, 15) is 4.79 Å². The Bertz CT molecular complexity index is 286. The van der Waals surface area contributed by atoms with E-state index in [-0.39, 0.29) is 5.70 Å². The van der Waals surface area contributed by atoms with Gasteiger partial charge in [-0.3, -0.25) is 4.90 Å². The molecule has 0 aliphatic carbocycles. The predicted molar refractivity (Wildman–Crippen MR) is 54.5 cm³/mol. The Kier molecular flexibility index (Phi) is 3.12. The first-order chi connectivity index (χ1) is 6.81. The van der Waals surface area contributed by atoms with Crippen molar-refractivity contribution in [3.8, 4) is 0 Å². The topological polar surface area (TPSA) is 70.0 Å². The van der Waals surface area contributed by atoms with Crippen LogP contribution >= 0.6 is 0 Å². The molecule has 0 aromatic heterocycles. The Hall–Kier alpha value is -1.39. The number of carbonyl (C=O) groups excluding carboxylic acids is 1. The summed E-state index contributed by atoms with van der Waals surface area (Å²) >= 11 is 0. The zero-order valence-corrected chi connectivity index (χ0v) is 9.28. The highest BCUT2D eigenvalue weighted by atomic mass is 16.6. The lowest BCUT2D eigenvalue weighted by molar-refractivity contribution is 0.0314. The van der Waals surface area contributed by atoms with E-state index in [0.717, 1.165) is 6.42 Å². The van der Waals surface area contributed by atoms with E-state index in [2.05, 4.69) is 0 Å². The number of hydrogen-bond donors (Lipinski definition) is 2. The Morgan fingerprint density at radius 3 is 2.47 bits per heavy atom. The van der Waals surface area contributed by atoms with Crippen LogP contribution in [0.15, 0.2) is 11.6 Å². The van der Waals surface area contributed by atoms with Crippen LogP contribution in [0, 0.1) is 0 Å². The second-order valence-electron chi connectivity index (χ2n) is 4.51. The lowest BCUT2D eigenvalue weighted by Crippen LogP contribution is -2.34. The van der Waals surface area contributed by atoms with Gasteiger partial charge in [0.2, 0.25) is 0 Å². The first kappa shape index (κ1) is 11.7. The van der Waals surface area contributed by atoms with E-state index >= 15 is 0 Å². The van der Waals surface area contributed by atoms with Crippen molar-refractivity contribution in [1.29, 1.82) is 0 Å². The van der Waals surface area contributed by atoms with E-state index in [1.54, 1.807) is 20.8 Å². The molecule has 0 atom stereocenters. The van der Waals surface area contributed by atoms with Gasteiger partial charge in [0, 0.05) is 6.54 Å². The minimum absolute atomic E-state index is 0.240. The molecule has 1 heterocycles. The standard InChI is InChI=1S/C10H17NO4/c1-10(2,3)15-9(14)11-6-4-5-7(11)8(12)13/h12-13H,4-6H2,1-3H3. The zero-order valence-electron chi connectivity index (χ0n) is 9.28. The molecule has 1 amide bonds. The van der Waals surface area contributed by atoms with Gasteiger partial charge in [-0.05, 0) is 33.6 Å². The van der Waals surface area contributed by atoms with Crippen LogP contribution in [0.5, 0.6) is 0 Å². The number of allylic oxidation sites excluding steroid dienone is 1. The summed E-state index contributed by atoms with van der Waals surface area (Å²) in [5.41, 5.74) is -0.334. The first-order valence-electron chi connectivity index (χ1n) is 4.93. The van der Waals surface area contributed by atoms with Crippen LogP contribution < -0.4 is 0 Å². The maximum absolute atomic E-state index is 11.6. The zero-order chi connectivity index (χ0) is 11.6. The van der Waals surface area contributed by atoms with Gasteiger partial charge in [0.1, 0.15) is 11.3 Å². The Morgan fingerprint density at radius 1 is 1.40 bits per heavy atom. The molecule has 1 aliphatic rings. The summed E-state index contributed by atoms with van der Waals surface area (Å²) in [6.45, 7) is 5.77. The summed E-state index contributed by atoms with van der Waals surface area (Å²) in [7, 11) is 0. The van der Waals surface area contributed by atoms with Crippen LogP contribution in [0.4, 0.5) is 4.79 Å². The fourth-order valence-corrected chi connectivity index (χ4v) is 1.43. The van der Waals surface area contributed by atoms with Crippen molar-refractivity contribution in [2.75, 3.05) is 6.54 Å². The fourth-order valence-electron chi connectivity index (χ4n) is 1.43. The number of aliphatic hydroxyl groups excluding tert-OH is 1. The molecular formula is C10H17NO4. The molecule has 0 aromatic rings. The molecule has 5 nitrogen and oxygen atoms in total. The number of amides is 1. The van der Waals surface area contributed by atoms with Crippen molar-refractivity contribution < 1.29 is 19.7 Å². The molecule has 0 unspecified atom stereocenters. The van der Waals surface area contributed by atoms with E-state index in [1.165, 1.54) is 4.90 Å². The highest BCUT2D eigenvalue weighted by Crippen LogP contribution is 2.24. The highest BCUT2D eigenvalue weighted by Gasteiger charge is 2.30. The maximum Gasteiger partial charge on any atom is 0.414 e. The number of ether oxygens (including phenoxy) is 1. The predicted octanol–water partition coefficient (Wildman–Crippen LogP) is 2.30. The Balaban J connectivity index is 2.72. The number of nitrogens with zero attached hydrogens (tertiary/aromatic N) is 1. The van der Waals surface area contributed by atoms with E-state index in [1.807, 2.05) is 0 Å². The molecular weight excluding hydrogens is 198 g/mol. The van der Waals surface area contributed by atoms with Crippen molar-refractivity contribution in [2.24, 2.45) is 0 Å². The second-order valence-corrected chi connectivity index (χ2v) is 4.51. The third-order valence-electron chi connectivity index (χ3n) is 1.99. The fraction of sp³-hybridized carbons (Fsp3) is 0.700. The van der Waals surface area contributed by atoms with Gasteiger partial charge in [-0.2, -0.15) is 0 Å². The molecule has 0 spiro atoms. The molecule has 0 aromatic carbocycles. The number of hydrogen-bond acceptors (Lipinski definition) is 4. The van der Waals surface area contributed by atoms with Gasteiger partial charge in [0.05, 0.1) is 0 Å². The third-order valence-corrected chi connectivity index (χ3v) is 1.99. The molecule has 2 N–H and O–H groups in total. The van der Waals surface area contributed by atoms with Crippen LogP contribution in [0.2, 0.25) is 0 Å². The molecule has 5 heteroatoms. The molecule has 0 bridgehead atoms. The quantitative estimate of drug-likeness (QED) is 0.608. The van der Waals surface area contributed by atoms with Crippen molar-refractivity contribution in [2.45, 2.75) is 39.2 Å². The Labute approximate surface area is 89.0 Å². The van der Waals surface area contributed by atoms with E-state index < -0.39 is 17.6 Å². The second kappa shape index (κ2) is 4.00. The summed E-state index contributed by atoms with van der Waals surface area (Å²) in [6.07, 6.45) is 0.677. The first-order valence-corrected chi connectivity index (χ1v) is 4.93. The average Bonchev–Trinajstić information content (AvgIpc) is 2.47.